The van der Waals surface area contributed by atoms with E-state index >= 15 is 0 Å². The maximum Gasteiger partial charge on any atom is 0.0624 e. The minimum atomic E-state index is -0.399. The van der Waals surface area contributed by atoms with Crippen LogP contribution in [0.1, 0.15) is 58.3 Å². The molecule has 0 aromatic carbocycles. The molecule has 5 atom stereocenters. The molecule has 3 aliphatic carbocycles. The molecule has 2 heteroatoms. The zero-order chi connectivity index (χ0) is 12.0. The van der Waals surface area contributed by atoms with Crippen LogP contribution < -0.4 is 0 Å². The maximum atomic E-state index is 6.39. The molecular weight excluding hydrogens is 202 g/mol. The molecule has 0 nitrogen and oxygen atoms in total. The van der Waals surface area contributed by atoms with E-state index in [-0.39, 0.29) is 0 Å². The van der Waals surface area contributed by atoms with E-state index in [2.05, 4.69) is 6.92 Å². The van der Waals surface area contributed by atoms with Crippen LogP contribution in [0.4, 0.5) is 0 Å². The van der Waals surface area contributed by atoms with Gasteiger partial charge in [-0.25, -0.2) is 0 Å². The summed E-state index contributed by atoms with van der Waals surface area (Å²) in [4.78, 5) is 0. The van der Waals surface area contributed by atoms with E-state index in [9.17, 15) is 0 Å². The minimum Gasteiger partial charge on any atom is -0.0962 e. The molecule has 4 radical (unpaired) electrons. The third-order valence-electron chi connectivity index (χ3n) is 6.22. The van der Waals surface area contributed by atoms with Gasteiger partial charge in [0.05, 0.1) is 15.7 Å². The highest BCUT2D eigenvalue weighted by Crippen LogP contribution is 2.61. The summed E-state index contributed by atoms with van der Waals surface area (Å²) in [6, 6.07) is 0. The van der Waals surface area contributed by atoms with Crippen molar-refractivity contribution in [3.8, 4) is 0 Å². The maximum absolute atomic E-state index is 6.39. The van der Waals surface area contributed by atoms with Crippen LogP contribution in [0.5, 0.6) is 0 Å². The lowest BCUT2D eigenvalue weighted by Gasteiger charge is -2.44. The van der Waals surface area contributed by atoms with Crippen LogP contribution in [0, 0.1) is 29.6 Å². The Balaban J connectivity index is 1.85. The molecule has 5 unspecified atom stereocenters. The van der Waals surface area contributed by atoms with E-state index in [1.165, 1.54) is 44.9 Å². The molecule has 17 heavy (non-hydrogen) atoms. The van der Waals surface area contributed by atoms with Crippen molar-refractivity contribution in [3.63, 3.8) is 0 Å². The van der Waals surface area contributed by atoms with Crippen molar-refractivity contribution in [3.05, 3.63) is 0 Å². The molecule has 0 spiro atoms. The first-order valence-corrected chi connectivity index (χ1v) is 7.71. The van der Waals surface area contributed by atoms with Crippen LogP contribution in [0.3, 0.4) is 0 Å². The van der Waals surface area contributed by atoms with Crippen molar-refractivity contribution in [2.45, 2.75) is 63.5 Å². The van der Waals surface area contributed by atoms with Crippen LogP contribution in [-0.4, -0.2) is 15.7 Å². The Hall–Kier alpha value is 0.130. The monoisotopic (exact) mass is 226 g/mol. The van der Waals surface area contributed by atoms with E-state index in [0.717, 1.165) is 30.1 Å². The van der Waals surface area contributed by atoms with Crippen molar-refractivity contribution in [2.75, 3.05) is 0 Å². The molecule has 0 aromatic heterocycles. The van der Waals surface area contributed by atoms with Gasteiger partial charge in [-0.2, -0.15) is 0 Å². The van der Waals surface area contributed by atoms with E-state index in [4.69, 9.17) is 15.7 Å². The Labute approximate surface area is 109 Å². The van der Waals surface area contributed by atoms with Gasteiger partial charge in [0.15, 0.2) is 0 Å². The van der Waals surface area contributed by atoms with Gasteiger partial charge >= 0.3 is 0 Å². The Kier molecular flexibility index (Phi) is 3.12. The SMILES string of the molecule is [B]C([B])(CC)C1CC2CCCC3CCCC1C32. The second kappa shape index (κ2) is 4.35. The van der Waals surface area contributed by atoms with Crippen LogP contribution in [0.2, 0.25) is 5.21 Å². The Morgan fingerprint density at radius 2 is 1.65 bits per heavy atom. The van der Waals surface area contributed by atoms with E-state index in [1.807, 2.05) is 0 Å². The van der Waals surface area contributed by atoms with Crippen LogP contribution in [0.25, 0.3) is 0 Å². The fourth-order valence-electron chi connectivity index (χ4n) is 5.38. The molecule has 3 fully saturated rings. The Morgan fingerprint density at radius 1 is 1.00 bits per heavy atom. The highest BCUT2D eigenvalue weighted by molar-refractivity contribution is 6.40. The number of hydrogen-bond donors (Lipinski definition) is 0. The summed E-state index contributed by atoms with van der Waals surface area (Å²) in [6.45, 7) is 2.16. The van der Waals surface area contributed by atoms with E-state index < -0.39 is 5.21 Å². The topological polar surface area (TPSA) is 0 Å². The quantitative estimate of drug-likeness (QED) is 0.629. The Bertz CT molecular complexity index is 285. The first-order valence-electron chi connectivity index (χ1n) is 7.71. The summed E-state index contributed by atoms with van der Waals surface area (Å²) in [5.74, 6) is 4.42. The molecule has 0 aromatic rings. The van der Waals surface area contributed by atoms with Crippen LogP contribution in [-0.2, 0) is 0 Å². The minimum absolute atomic E-state index is 0.399. The lowest BCUT2D eigenvalue weighted by atomic mass is 9.44. The summed E-state index contributed by atoms with van der Waals surface area (Å²) in [6.07, 6.45) is 11.0. The van der Waals surface area contributed by atoms with Gasteiger partial charge in [-0.1, -0.05) is 50.7 Å². The molecule has 90 valence electrons. The van der Waals surface area contributed by atoms with Crippen LogP contribution >= 0.6 is 0 Å². The number of rotatable bonds is 2. The second-order valence-corrected chi connectivity index (χ2v) is 6.93. The van der Waals surface area contributed by atoms with Crippen molar-refractivity contribution in [2.24, 2.45) is 29.6 Å². The van der Waals surface area contributed by atoms with Gasteiger partial charge in [0, 0.05) is 0 Å². The predicted octanol–water partition coefficient (Wildman–Crippen LogP) is 3.70. The van der Waals surface area contributed by atoms with Crippen molar-refractivity contribution in [1.29, 1.82) is 0 Å². The van der Waals surface area contributed by atoms with Gasteiger partial charge in [0.2, 0.25) is 0 Å². The normalized spacial score (nSPS) is 45.6. The molecule has 3 rings (SSSR count). The fourth-order valence-corrected chi connectivity index (χ4v) is 5.38. The molecular formula is C15H24B2. The van der Waals surface area contributed by atoms with Crippen molar-refractivity contribution < 1.29 is 0 Å². The zero-order valence-electron chi connectivity index (χ0n) is 11.2. The molecule has 3 aliphatic rings. The van der Waals surface area contributed by atoms with E-state index in [1.54, 1.807) is 0 Å². The second-order valence-electron chi connectivity index (χ2n) is 6.93. The lowest BCUT2D eigenvalue weighted by molar-refractivity contribution is 0.0828. The zero-order valence-corrected chi connectivity index (χ0v) is 11.2. The smallest absolute Gasteiger partial charge is 0.0624 e. The summed E-state index contributed by atoms with van der Waals surface area (Å²) in [5, 5.41) is -0.399. The van der Waals surface area contributed by atoms with Gasteiger partial charge in [-0.15, -0.1) is 0 Å². The molecule has 0 amide bonds. The fraction of sp³-hybridized carbons (Fsp3) is 1.00. The molecule has 0 heterocycles. The standard InChI is InChI=1S/C15H24B2/c1-2-15(16,17)13-9-11-7-3-5-10-6-4-8-12(13)14(10)11/h10-14H,2-9H2,1H3. The first-order chi connectivity index (χ1) is 8.13. The van der Waals surface area contributed by atoms with Gasteiger partial charge in [-0.3, -0.25) is 0 Å². The molecule has 0 bridgehead atoms. The average Bonchev–Trinajstić information content (AvgIpc) is 2.72. The molecule has 3 saturated carbocycles. The first kappa shape index (κ1) is 12.2. The lowest BCUT2D eigenvalue weighted by Crippen LogP contribution is -2.35. The van der Waals surface area contributed by atoms with Gasteiger partial charge in [-0.05, 0) is 42.4 Å². The number of hydrogen-bond acceptors (Lipinski definition) is 0. The van der Waals surface area contributed by atoms with Crippen LogP contribution in [0.15, 0.2) is 0 Å². The van der Waals surface area contributed by atoms with E-state index in [0.29, 0.717) is 5.92 Å². The summed E-state index contributed by atoms with van der Waals surface area (Å²) >= 11 is 0. The Morgan fingerprint density at radius 3 is 2.35 bits per heavy atom. The summed E-state index contributed by atoms with van der Waals surface area (Å²) in [7, 11) is 12.8. The highest BCUT2D eigenvalue weighted by atomic mass is 14.6. The largest absolute Gasteiger partial charge is 0.0962 e. The average molecular weight is 226 g/mol. The van der Waals surface area contributed by atoms with Gasteiger partial charge in [0.25, 0.3) is 0 Å². The van der Waals surface area contributed by atoms with Crippen molar-refractivity contribution in [1.82, 2.24) is 0 Å². The molecule has 0 saturated heterocycles. The summed E-state index contributed by atoms with van der Waals surface area (Å²) < 4.78 is 0. The van der Waals surface area contributed by atoms with Crippen molar-refractivity contribution >= 4 is 15.7 Å². The molecule has 0 aliphatic heterocycles. The third-order valence-corrected chi connectivity index (χ3v) is 6.22. The van der Waals surface area contributed by atoms with Gasteiger partial charge < -0.3 is 0 Å². The van der Waals surface area contributed by atoms with Gasteiger partial charge in [0.1, 0.15) is 0 Å². The molecule has 0 N–H and O–H groups in total. The summed E-state index contributed by atoms with van der Waals surface area (Å²) in [5.41, 5.74) is 0. The predicted molar refractivity (Wildman–Crippen MR) is 74.3 cm³/mol. The third kappa shape index (κ3) is 1.90. The highest BCUT2D eigenvalue weighted by Gasteiger charge is 2.52.